The van der Waals surface area contributed by atoms with E-state index in [1.165, 1.54) is 12.1 Å². The molecule has 1 fully saturated rings. The fraction of sp³-hybridized carbons (Fsp3) is 0.381. The van der Waals surface area contributed by atoms with E-state index in [0.29, 0.717) is 29.9 Å². The second-order valence-corrected chi connectivity index (χ2v) is 9.15. The number of nitrogens with zero attached hydrogens (tertiary/aromatic N) is 2. The van der Waals surface area contributed by atoms with Crippen molar-refractivity contribution >= 4 is 16.5 Å². The standard InChI is InChI=1S/C21H24F3N3O4S/c1-15-9-18(30-13-16-5-7-27(8-6-16)14-26-25)12-19(10-15)31-32(28,29)20-4-2-3-17(11-20)21(22,23)24/h2-4,9-12,14,16H,5-8,13,25H2,1H3. The van der Waals surface area contributed by atoms with Crippen LogP contribution in [0.2, 0.25) is 0 Å². The van der Waals surface area contributed by atoms with Crippen molar-refractivity contribution in [3.63, 3.8) is 0 Å². The summed E-state index contributed by atoms with van der Waals surface area (Å²) in [5.41, 5.74) is -0.384. The summed E-state index contributed by atoms with van der Waals surface area (Å²) in [4.78, 5) is 1.44. The van der Waals surface area contributed by atoms with E-state index in [2.05, 4.69) is 5.10 Å². The number of rotatable bonds is 7. The molecule has 0 aromatic heterocycles. The number of hydrazone groups is 1. The number of halogens is 3. The van der Waals surface area contributed by atoms with E-state index in [0.717, 1.165) is 44.1 Å². The van der Waals surface area contributed by atoms with Crippen LogP contribution in [-0.4, -0.2) is 39.4 Å². The average molecular weight is 472 g/mol. The maximum atomic E-state index is 12.9. The highest BCUT2D eigenvalue weighted by Gasteiger charge is 2.32. The summed E-state index contributed by atoms with van der Waals surface area (Å²) in [5.74, 6) is 5.86. The Bertz CT molecular complexity index is 1070. The molecule has 0 unspecified atom stereocenters. The maximum absolute atomic E-state index is 12.9. The quantitative estimate of drug-likeness (QED) is 0.217. The zero-order valence-electron chi connectivity index (χ0n) is 17.4. The third-order valence-electron chi connectivity index (χ3n) is 5.05. The van der Waals surface area contributed by atoms with E-state index < -0.39 is 26.8 Å². The van der Waals surface area contributed by atoms with Gasteiger partial charge in [-0.2, -0.15) is 26.7 Å². The van der Waals surface area contributed by atoms with E-state index in [-0.39, 0.29) is 5.75 Å². The molecule has 2 N–H and O–H groups in total. The molecule has 1 aliphatic rings. The van der Waals surface area contributed by atoms with E-state index in [1.54, 1.807) is 19.3 Å². The first-order valence-corrected chi connectivity index (χ1v) is 11.3. The van der Waals surface area contributed by atoms with E-state index in [4.69, 9.17) is 14.8 Å². The molecular weight excluding hydrogens is 447 g/mol. The van der Waals surface area contributed by atoms with Crippen molar-refractivity contribution in [2.75, 3.05) is 19.7 Å². The molecule has 174 valence electrons. The molecular formula is C21H24F3N3O4S. The Morgan fingerprint density at radius 1 is 1.16 bits per heavy atom. The van der Waals surface area contributed by atoms with Crippen LogP contribution in [0.1, 0.15) is 24.0 Å². The molecule has 0 saturated carbocycles. The largest absolute Gasteiger partial charge is 0.493 e. The predicted molar refractivity (Wildman–Crippen MR) is 113 cm³/mol. The predicted octanol–water partition coefficient (Wildman–Crippen LogP) is 3.77. The zero-order chi connectivity index (χ0) is 23.4. The summed E-state index contributed by atoms with van der Waals surface area (Å²) in [6, 6.07) is 8.04. The summed E-state index contributed by atoms with van der Waals surface area (Å²) in [7, 11) is -4.46. The first-order valence-electron chi connectivity index (χ1n) is 9.90. The number of alkyl halides is 3. The molecule has 0 radical (unpaired) electrons. The molecule has 2 aromatic rings. The monoisotopic (exact) mass is 471 g/mol. The maximum Gasteiger partial charge on any atom is 0.416 e. The lowest BCUT2D eigenvalue weighted by Crippen LogP contribution is -2.34. The Kier molecular flexibility index (Phi) is 7.17. The number of likely N-dealkylation sites (tertiary alicyclic amines) is 1. The van der Waals surface area contributed by atoms with Crippen LogP contribution < -0.4 is 14.8 Å². The van der Waals surface area contributed by atoms with Gasteiger partial charge in [-0.05, 0) is 61.6 Å². The molecule has 1 saturated heterocycles. The average Bonchev–Trinajstić information content (AvgIpc) is 2.72. The SMILES string of the molecule is Cc1cc(OCC2CCN(C=NN)CC2)cc(OS(=O)(=O)c2cccc(C(F)(F)F)c2)c1. The Morgan fingerprint density at radius 2 is 1.84 bits per heavy atom. The van der Waals surface area contributed by atoms with Crippen molar-refractivity contribution in [3.05, 3.63) is 53.6 Å². The highest BCUT2D eigenvalue weighted by Crippen LogP contribution is 2.32. The van der Waals surface area contributed by atoms with Crippen molar-refractivity contribution in [3.8, 4) is 11.5 Å². The second-order valence-electron chi connectivity index (χ2n) is 7.60. The Morgan fingerprint density at radius 3 is 2.50 bits per heavy atom. The van der Waals surface area contributed by atoms with Gasteiger partial charge in [0, 0.05) is 19.2 Å². The van der Waals surface area contributed by atoms with E-state index >= 15 is 0 Å². The second kappa shape index (κ2) is 9.68. The summed E-state index contributed by atoms with van der Waals surface area (Å²) >= 11 is 0. The zero-order valence-corrected chi connectivity index (χ0v) is 18.2. The molecule has 0 atom stereocenters. The van der Waals surface area contributed by atoms with E-state index in [1.807, 2.05) is 4.90 Å². The van der Waals surface area contributed by atoms with Gasteiger partial charge in [-0.3, -0.25) is 0 Å². The van der Waals surface area contributed by atoms with Crippen LogP contribution in [0.5, 0.6) is 11.5 Å². The highest BCUT2D eigenvalue weighted by molar-refractivity contribution is 7.87. The molecule has 11 heteroatoms. The third kappa shape index (κ3) is 6.28. The highest BCUT2D eigenvalue weighted by atomic mass is 32.2. The number of benzene rings is 2. The fourth-order valence-electron chi connectivity index (χ4n) is 3.39. The van der Waals surface area contributed by atoms with Gasteiger partial charge < -0.3 is 19.7 Å². The lowest BCUT2D eigenvalue weighted by Gasteiger charge is -2.30. The lowest BCUT2D eigenvalue weighted by atomic mass is 9.98. The van der Waals surface area contributed by atoms with Gasteiger partial charge in [0.25, 0.3) is 0 Å². The number of piperidine rings is 1. The molecule has 3 rings (SSSR count). The van der Waals surface area contributed by atoms with Crippen LogP contribution in [0, 0.1) is 12.8 Å². The smallest absolute Gasteiger partial charge is 0.416 e. The van der Waals surface area contributed by atoms with Gasteiger partial charge >= 0.3 is 16.3 Å². The van der Waals surface area contributed by atoms with Gasteiger partial charge in [-0.25, -0.2) is 0 Å². The minimum Gasteiger partial charge on any atom is -0.493 e. The Balaban J connectivity index is 1.68. The molecule has 0 amide bonds. The summed E-state index contributed by atoms with van der Waals surface area (Å²) in [5, 5.41) is 3.52. The summed E-state index contributed by atoms with van der Waals surface area (Å²) in [6.07, 6.45) is -1.27. The molecule has 2 aromatic carbocycles. The van der Waals surface area contributed by atoms with Crippen LogP contribution in [0.4, 0.5) is 13.2 Å². The van der Waals surface area contributed by atoms with Crippen molar-refractivity contribution in [2.24, 2.45) is 16.9 Å². The Hall–Kier alpha value is -2.95. The van der Waals surface area contributed by atoms with Crippen molar-refractivity contribution in [2.45, 2.75) is 30.8 Å². The molecule has 0 bridgehead atoms. The number of nitrogens with two attached hydrogens (primary N) is 1. The van der Waals surface area contributed by atoms with Crippen molar-refractivity contribution < 1.29 is 30.5 Å². The number of hydrogen-bond donors (Lipinski definition) is 1. The lowest BCUT2D eigenvalue weighted by molar-refractivity contribution is -0.137. The molecule has 0 spiro atoms. The van der Waals surface area contributed by atoms with Crippen LogP contribution in [0.15, 0.2) is 52.5 Å². The van der Waals surface area contributed by atoms with Crippen LogP contribution >= 0.6 is 0 Å². The van der Waals surface area contributed by atoms with Crippen LogP contribution in [0.25, 0.3) is 0 Å². The van der Waals surface area contributed by atoms with Crippen molar-refractivity contribution in [1.29, 1.82) is 0 Å². The topological polar surface area (TPSA) is 94.2 Å². The summed E-state index contributed by atoms with van der Waals surface area (Å²) in [6.45, 7) is 3.80. The van der Waals surface area contributed by atoms with Gasteiger partial charge in [-0.15, -0.1) is 0 Å². The number of hydrogen-bond acceptors (Lipinski definition) is 6. The van der Waals surface area contributed by atoms with Gasteiger partial charge in [0.15, 0.2) is 0 Å². The molecule has 1 heterocycles. The van der Waals surface area contributed by atoms with E-state index in [9.17, 15) is 21.6 Å². The third-order valence-corrected chi connectivity index (χ3v) is 6.29. The minimum atomic E-state index is -4.66. The molecule has 32 heavy (non-hydrogen) atoms. The Labute approximate surface area is 184 Å². The first kappa shape index (κ1) is 23.7. The first-order chi connectivity index (χ1) is 15.1. The van der Waals surface area contributed by atoms with Gasteiger partial charge in [0.1, 0.15) is 22.7 Å². The summed E-state index contributed by atoms with van der Waals surface area (Å²) < 4.78 is 74.8. The molecule has 0 aliphatic carbocycles. The van der Waals surface area contributed by atoms with Crippen molar-refractivity contribution in [1.82, 2.24) is 4.90 Å². The van der Waals surface area contributed by atoms with Gasteiger partial charge in [0.05, 0.1) is 12.2 Å². The number of aryl methyl sites for hydroxylation is 1. The normalized spacial score (nSPS) is 15.8. The van der Waals surface area contributed by atoms with Gasteiger partial charge in [0.2, 0.25) is 0 Å². The number of ether oxygens (including phenoxy) is 1. The molecule has 7 nitrogen and oxygen atoms in total. The van der Waals surface area contributed by atoms with Crippen LogP contribution in [-0.2, 0) is 16.3 Å². The van der Waals surface area contributed by atoms with Gasteiger partial charge in [-0.1, -0.05) is 6.07 Å². The molecule has 1 aliphatic heterocycles. The fourth-order valence-corrected chi connectivity index (χ4v) is 4.35. The van der Waals surface area contributed by atoms with Crippen LogP contribution in [0.3, 0.4) is 0 Å². The minimum absolute atomic E-state index is 0.0358.